The van der Waals surface area contributed by atoms with Crippen LogP contribution in [0.15, 0.2) is 58.8 Å². The van der Waals surface area contributed by atoms with E-state index in [1.54, 1.807) is 17.5 Å². The highest BCUT2D eigenvalue weighted by molar-refractivity contribution is 7.89. The summed E-state index contributed by atoms with van der Waals surface area (Å²) in [6.45, 7) is 0.264. The molecule has 1 aromatic heterocycles. The number of carbonyl (C=O) groups is 1. The highest BCUT2D eigenvalue weighted by Crippen LogP contribution is 2.32. The highest BCUT2D eigenvalue weighted by atomic mass is 35.5. The van der Waals surface area contributed by atoms with E-state index in [1.807, 2.05) is 0 Å². The van der Waals surface area contributed by atoms with Crippen molar-refractivity contribution in [2.75, 3.05) is 6.54 Å². The van der Waals surface area contributed by atoms with Crippen molar-refractivity contribution in [2.24, 2.45) is 0 Å². The van der Waals surface area contributed by atoms with Gasteiger partial charge in [-0.1, -0.05) is 29.8 Å². The molecule has 0 spiro atoms. The van der Waals surface area contributed by atoms with Crippen LogP contribution in [0.5, 0.6) is 0 Å². The van der Waals surface area contributed by atoms with E-state index in [0.29, 0.717) is 40.6 Å². The minimum Gasteiger partial charge on any atom is -0.298 e. The molecule has 4 rings (SSSR count). The highest BCUT2D eigenvalue weighted by Gasteiger charge is 2.39. The van der Waals surface area contributed by atoms with Gasteiger partial charge >= 0.3 is 6.18 Å². The number of rotatable bonds is 7. The topological polar surface area (TPSA) is 67.3 Å². The Morgan fingerprint density at radius 3 is 2.59 bits per heavy atom. The summed E-state index contributed by atoms with van der Waals surface area (Å²) in [5.74, 6) is -0.186. The standard InChI is InChI=1S/C23H20ClF3N2O3S2/c24-17-3-1-4-18(13-17)34(31,32)29-12-2-5-20(29)21(30)10-11-22-28-19(14-33-22)15-6-8-16(9-7-15)23(25,26)27/h1,3-4,6-9,13-14,20H,2,5,10-12H2/t20-/m0/s1. The van der Waals surface area contributed by atoms with Gasteiger partial charge in [-0.2, -0.15) is 17.5 Å². The molecule has 2 aromatic carbocycles. The molecule has 0 aliphatic carbocycles. The summed E-state index contributed by atoms with van der Waals surface area (Å²) in [4.78, 5) is 17.4. The molecule has 2 heterocycles. The summed E-state index contributed by atoms with van der Waals surface area (Å²) >= 11 is 7.25. The van der Waals surface area contributed by atoms with Gasteiger partial charge in [-0.05, 0) is 43.2 Å². The molecule has 1 saturated heterocycles. The molecule has 0 bridgehead atoms. The third kappa shape index (κ3) is 5.35. The van der Waals surface area contributed by atoms with E-state index in [4.69, 9.17) is 11.6 Å². The average molecular weight is 529 g/mol. The number of thiazole rings is 1. The molecule has 1 aliphatic heterocycles. The molecule has 0 radical (unpaired) electrons. The van der Waals surface area contributed by atoms with E-state index < -0.39 is 27.8 Å². The lowest BCUT2D eigenvalue weighted by Gasteiger charge is -2.23. The molecule has 1 aliphatic rings. The Labute approximate surface area is 204 Å². The molecule has 0 unspecified atom stereocenters. The molecule has 0 saturated carbocycles. The second kappa shape index (κ2) is 9.77. The quantitative estimate of drug-likeness (QED) is 0.386. The summed E-state index contributed by atoms with van der Waals surface area (Å²) in [5, 5.41) is 2.69. The number of benzene rings is 2. The number of halogens is 4. The number of Topliss-reactive ketones (excluding diaryl/α,β-unsaturated/α-hetero) is 1. The lowest BCUT2D eigenvalue weighted by molar-refractivity contribution is -0.137. The zero-order valence-electron chi connectivity index (χ0n) is 17.8. The van der Waals surface area contributed by atoms with Gasteiger partial charge < -0.3 is 0 Å². The SMILES string of the molecule is O=C(CCc1nc(-c2ccc(C(F)(F)F)cc2)cs1)[C@@H]1CCCN1S(=O)(=O)c1cccc(Cl)c1. The molecule has 34 heavy (non-hydrogen) atoms. The van der Waals surface area contributed by atoms with Crippen molar-refractivity contribution in [3.63, 3.8) is 0 Å². The van der Waals surface area contributed by atoms with Crippen LogP contribution < -0.4 is 0 Å². The van der Waals surface area contributed by atoms with Crippen molar-refractivity contribution in [1.82, 2.24) is 9.29 Å². The maximum Gasteiger partial charge on any atom is 0.416 e. The zero-order chi connectivity index (χ0) is 24.5. The first kappa shape index (κ1) is 24.8. The summed E-state index contributed by atoms with van der Waals surface area (Å²) in [5.41, 5.74) is 0.356. The zero-order valence-corrected chi connectivity index (χ0v) is 20.1. The Morgan fingerprint density at radius 2 is 1.91 bits per heavy atom. The first-order valence-electron chi connectivity index (χ1n) is 10.5. The maximum atomic E-state index is 13.1. The second-order valence-corrected chi connectivity index (χ2v) is 11.2. The third-order valence-corrected chi connectivity index (χ3v) is 8.67. The monoisotopic (exact) mass is 528 g/mol. The van der Waals surface area contributed by atoms with E-state index >= 15 is 0 Å². The van der Waals surface area contributed by atoms with E-state index in [-0.39, 0.29) is 23.6 Å². The molecule has 3 aromatic rings. The van der Waals surface area contributed by atoms with Gasteiger partial charge in [0.2, 0.25) is 10.0 Å². The van der Waals surface area contributed by atoms with E-state index in [2.05, 4.69) is 4.98 Å². The van der Waals surface area contributed by atoms with Crippen LogP contribution in [-0.4, -0.2) is 36.1 Å². The lowest BCUT2D eigenvalue weighted by atomic mass is 10.1. The van der Waals surface area contributed by atoms with Crippen molar-refractivity contribution < 1.29 is 26.4 Å². The Hall–Kier alpha value is -2.27. The first-order chi connectivity index (χ1) is 16.1. The predicted octanol–water partition coefficient (Wildman–Crippen LogP) is 5.84. The molecule has 1 fully saturated rings. The third-order valence-electron chi connectivity index (χ3n) is 5.62. The van der Waals surface area contributed by atoms with Gasteiger partial charge in [0.15, 0.2) is 5.78 Å². The summed E-state index contributed by atoms with van der Waals surface area (Å²) in [6.07, 6.45) is -2.92. The van der Waals surface area contributed by atoms with Gasteiger partial charge in [-0.15, -0.1) is 11.3 Å². The van der Waals surface area contributed by atoms with E-state index in [9.17, 15) is 26.4 Å². The number of carbonyl (C=O) groups excluding carboxylic acids is 1. The second-order valence-electron chi connectivity index (χ2n) is 7.90. The number of hydrogen-bond donors (Lipinski definition) is 0. The van der Waals surface area contributed by atoms with Crippen LogP contribution in [-0.2, 0) is 27.4 Å². The van der Waals surface area contributed by atoms with Crippen molar-refractivity contribution in [2.45, 2.75) is 42.8 Å². The Kier molecular flexibility index (Phi) is 7.14. The fourth-order valence-electron chi connectivity index (χ4n) is 3.90. The minimum atomic E-state index is -4.40. The Morgan fingerprint density at radius 1 is 1.18 bits per heavy atom. The van der Waals surface area contributed by atoms with Crippen LogP contribution in [0, 0.1) is 0 Å². The Bertz CT molecular complexity index is 1290. The molecule has 1 atom stereocenters. The molecule has 0 N–H and O–H groups in total. The van der Waals surface area contributed by atoms with Crippen LogP contribution in [0.1, 0.15) is 29.8 Å². The van der Waals surface area contributed by atoms with Crippen LogP contribution in [0.4, 0.5) is 13.2 Å². The molecular formula is C23H20ClF3N2O3S2. The van der Waals surface area contributed by atoms with Gasteiger partial charge in [0, 0.05) is 35.4 Å². The van der Waals surface area contributed by atoms with Crippen molar-refractivity contribution >= 4 is 38.7 Å². The van der Waals surface area contributed by atoms with Gasteiger partial charge in [-0.25, -0.2) is 13.4 Å². The molecule has 0 amide bonds. The number of aryl methyl sites for hydroxylation is 1. The number of nitrogens with zero attached hydrogens (tertiary/aromatic N) is 2. The number of hydrogen-bond acceptors (Lipinski definition) is 5. The molecule has 11 heteroatoms. The largest absolute Gasteiger partial charge is 0.416 e. The van der Waals surface area contributed by atoms with Crippen molar-refractivity contribution in [3.05, 3.63) is 69.5 Å². The predicted molar refractivity (Wildman–Crippen MR) is 124 cm³/mol. The van der Waals surface area contributed by atoms with Crippen molar-refractivity contribution in [1.29, 1.82) is 0 Å². The summed E-state index contributed by atoms with van der Waals surface area (Å²) in [6, 6.07) is 9.97. The van der Waals surface area contributed by atoms with Gasteiger partial charge in [-0.3, -0.25) is 4.79 Å². The van der Waals surface area contributed by atoms with E-state index in [1.165, 1.54) is 39.9 Å². The average Bonchev–Trinajstić information content (AvgIpc) is 3.47. The number of sulfonamides is 1. The maximum absolute atomic E-state index is 13.1. The van der Waals surface area contributed by atoms with Gasteiger partial charge in [0.05, 0.1) is 27.2 Å². The Balaban J connectivity index is 1.41. The molecule has 5 nitrogen and oxygen atoms in total. The van der Waals surface area contributed by atoms with Crippen LogP contribution in [0.25, 0.3) is 11.3 Å². The van der Waals surface area contributed by atoms with Crippen LogP contribution >= 0.6 is 22.9 Å². The fraction of sp³-hybridized carbons (Fsp3) is 0.304. The van der Waals surface area contributed by atoms with Gasteiger partial charge in [0.1, 0.15) is 0 Å². The van der Waals surface area contributed by atoms with E-state index in [0.717, 1.165) is 12.1 Å². The smallest absolute Gasteiger partial charge is 0.298 e. The fourth-order valence-corrected chi connectivity index (χ4v) is 6.68. The lowest BCUT2D eigenvalue weighted by Crippen LogP contribution is -2.40. The minimum absolute atomic E-state index is 0.0563. The summed E-state index contributed by atoms with van der Waals surface area (Å²) in [7, 11) is -3.85. The first-order valence-corrected chi connectivity index (χ1v) is 13.2. The van der Waals surface area contributed by atoms with Crippen LogP contribution in [0.2, 0.25) is 5.02 Å². The molecule has 180 valence electrons. The van der Waals surface area contributed by atoms with Crippen LogP contribution in [0.3, 0.4) is 0 Å². The molecular weight excluding hydrogens is 509 g/mol. The normalized spacial score (nSPS) is 17.2. The summed E-state index contributed by atoms with van der Waals surface area (Å²) < 4.78 is 65.6. The van der Waals surface area contributed by atoms with Gasteiger partial charge in [0.25, 0.3) is 0 Å². The number of alkyl halides is 3. The number of ketones is 1. The number of aromatic nitrogens is 1. The van der Waals surface area contributed by atoms with Crippen molar-refractivity contribution in [3.8, 4) is 11.3 Å².